The molecule has 0 amide bonds. The molecule has 28 heavy (non-hydrogen) atoms. The number of alkyl halides is 3. The van der Waals surface area contributed by atoms with Crippen LogP contribution in [0.1, 0.15) is 26.7 Å². The van der Waals surface area contributed by atoms with Crippen LogP contribution in [0.2, 0.25) is 0 Å². The molecule has 3 aliphatic heterocycles. The van der Waals surface area contributed by atoms with Crippen LogP contribution in [0.15, 0.2) is 10.9 Å². The highest BCUT2D eigenvalue weighted by molar-refractivity contribution is 5.85. The third kappa shape index (κ3) is 3.27. The average molecular weight is 400 g/mol. The quantitative estimate of drug-likeness (QED) is 0.765. The number of hydrogen-bond acceptors (Lipinski definition) is 6. The van der Waals surface area contributed by atoms with E-state index in [1.807, 2.05) is 4.90 Å². The van der Waals surface area contributed by atoms with Crippen molar-refractivity contribution in [2.45, 2.75) is 57.6 Å². The summed E-state index contributed by atoms with van der Waals surface area (Å²) in [5.74, 6) is -0.452. The maximum absolute atomic E-state index is 13.7. The van der Waals surface area contributed by atoms with Crippen molar-refractivity contribution in [3.05, 3.63) is 16.4 Å². The van der Waals surface area contributed by atoms with Crippen LogP contribution < -0.4 is 15.4 Å². The highest BCUT2D eigenvalue weighted by atomic mass is 19.4. The fourth-order valence-corrected chi connectivity index (χ4v) is 4.16. The van der Waals surface area contributed by atoms with Crippen molar-refractivity contribution in [3.63, 3.8) is 0 Å². The van der Waals surface area contributed by atoms with E-state index < -0.39 is 30.2 Å². The van der Waals surface area contributed by atoms with E-state index in [1.54, 1.807) is 13.8 Å². The number of ketones is 1. The first kappa shape index (κ1) is 19.2. The van der Waals surface area contributed by atoms with E-state index in [0.717, 1.165) is 11.3 Å². The molecule has 1 aromatic rings. The van der Waals surface area contributed by atoms with Gasteiger partial charge in [0.2, 0.25) is 5.95 Å². The van der Waals surface area contributed by atoms with Gasteiger partial charge >= 0.3 is 6.18 Å². The van der Waals surface area contributed by atoms with Crippen molar-refractivity contribution in [2.24, 2.45) is 5.92 Å². The van der Waals surface area contributed by atoms with E-state index in [0.29, 0.717) is 19.0 Å². The maximum Gasteiger partial charge on any atom is 0.408 e. The van der Waals surface area contributed by atoms with Crippen molar-refractivity contribution >= 4 is 17.5 Å². The van der Waals surface area contributed by atoms with Crippen LogP contribution >= 0.6 is 0 Å². The van der Waals surface area contributed by atoms with Crippen LogP contribution in [0.4, 0.5) is 24.9 Å². The van der Waals surface area contributed by atoms with Gasteiger partial charge in [-0.25, -0.2) is 0 Å². The van der Waals surface area contributed by atoms with Gasteiger partial charge < -0.3 is 14.5 Å². The lowest BCUT2D eigenvalue weighted by Crippen LogP contribution is -2.54. The Hall–Kier alpha value is -2.10. The SMILES string of the molecule is CC(C)C(=O)CN1c2nc(N3CC4CC3CO4)cc(=O)n2CC[C@H]1C(F)(F)F. The number of carbonyl (C=O) groups excluding carboxylic acids is 1. The van der Waals surface area contributed by atoms with Gasteiger partial charge in [0.1, 0.15) is 11.9 Å². The smallest absolute Gasteiger partial charge is 0.374 e. The fraction of sp³-hybridized carbons (Fsp3) is 0.722. The lowest BCUT2D eigenvalue weighted by atomic mass is 10.1. The minimum absolute atomic E-state index is 0.0622. The summed E-state index contributed by atoms with van der Waals surface area (Å²) >= 11 is 0. The van der Waals surface area contributed by atoms with Gasteiger partial charge in [-0.1, -0.05) is 13.8 Å². The van der Waals surface area contributed by atoms with Crippen LogP contribution in [0.5, 0.6) is 0 Å². The van der Waals surface area contributed by atoms with Crippen LogP contribution in [-0.2, 0) is 16.1 Å². The van der Waals surface area contributed by atoms with Crippen LogP contribution in [0, 0.1) is 5.92 Å². The van der Waals surface area contributed by atoms with Gasteiger partial charge in [-0.2, -0.15) is 18.2 Å². The van der Waals surface area contributed by atoms with Crippen LogP contribution in [0.3, 0.4) is 0 Å². The summed E-state index contributed by atoms with van der Waals surface area (Å²) in [5.41, 5.74) is -0.397. The molecule has 0 N–H and O–H groups in total. The zero-order valence-electron chi connectivity index (χ0n) is 15.8. The number of nitrogens with zero attached hydrogens (tertiary/aromatic N) is 4. The first-order valence-electron chi connectivity index (χ1n) is 9.51. The van der Waals surface area contributed by atoms with Gasteiger partial charge in [0.05, 0.1) is 25.3 Å². The Balaban J connectivity index is 1.75. The average Bonchev–Trinajstić information content (AvgIpc) is 3.24. The minimum Gasteiger partial charge on any atom is -0.374 e. The van der Waals surface area contributed by atoms with Crippen molar-refractivity contribution in [3.8, 4) is 0 Å². The minimum atomic E-state index is -4.52. The Morgan fingerprint density at radius 1 is 1.39 bits per heavy atom. The van der Waals surface area contributed by atoms with Crippen molar-refractivity contribution < 1.29 is 22.7 Å². The van der Waals surface area contributed by atoms with E-state index in [-0.39, 0.29) is 36.8 Å². The summed E-state index contributed by atoms with van der Waals surface area (Å²) in [7, 11) is 0. The van der Waals surface area contributed by atoms with Gasteiger partial charge in [0, 0.05) is 25.1 Å². The second-order valence-electron chi connectivity index (χ2n) is 8.00. The van der Waals surface area contributed by atoms with Crippen LogP contribution in [-0.4, -0.2) is 59.4 Å². The Labute approximate surface area is 160 Å². The molecule has 1 aromatic heterocycles. The molecule has 2 unspecified atom stereocenters. The largest absolute Gasteiger partial charge is 0.408 e. The van der Waals surface area contributed by atoms with Gasteiger partial charge in [-0.15, -0.1) is 0 Å². The second kappa shape index (κ2) is 6.75. The number of carbonyl (C=O) groups is 1. The Bertz CT molecular complexity index is 838. The molecule has 0 aromatic carbocycles. The number of rotatable bonds is 4. The normalized spacial score (nSPS) is 26.9. The zero-order valence-corrected chi connectivity index (χ0v) is 15.8. The lowest BCUT2D eigenvalue weighted by molar-refractivity contribution is -0.153. The monoisotopic (exact) mass is 400 g/mol. The lowest BCUT2D eigenvalue weighted by Gasteiger charge is -2.39. The summed E-state index contributed by atoms with van der Waals surface area (Å²) in [6.45, 7) is 3.87. The summed E-state index contributed by atoms with van der Waals surface area (Å²) in [4.78, 5) is 32.2. The Morgan fingerprint density at radius 3 is 2.71 bits per heavy atom. The van der Waals surface area contributed by atoms with E-state index in [2.05, 4.69) is 4.98 Å². The molecule has 2 saturated heterocycles. The standard InChI is InChI=1S/C18H23F3N4O3/c1-10(2)13(26)8-25-14(18(19,20)21)3-4-23-16(27)6-15(22-17(23)25)24-7-12-5-11(24)9-28-12/h6,10-12,14H,3-5,7-9H2,1-2H3/t11?,12?,14-/m0/s1. The molecule has 7 nitrogen and oxygen atoms in total. The van der Waals surface area contributed by atoms with Crippen molar-refractivity contribution in [1.82, 2.24) is 9.55 Å². The van der Waals surface area contributed by atoms with Crippen molar-refractivity contribution in [1.29, 1.82) is 0 Å². The third-order valence-electron chi connectivity index (χ3n) is 5.78. The number of ether oxygens (including phenoxy) is 1. The predicted molar refractivity (Wildman–Crippen MR) is 95.6 cm³/mol. The Kier molecular flexibility index (Phi) is 4.64. The fourth-order valence-electron chi connectivity index (χ4n) is 4.16. The zero-order chi connectivity index (χ0) is 20.2. The number of fused-ring (bicyclic) bond motifs is 3. The van der Waals surface area contributed by atoms with E-state index in [1.165, 1.54) is 10.6 Å². The highest BCUT2D eigenvalue weighted by Crippen LogP contribution is 2.36. The summed E-state index contributed by atoms with van der Waals surface area (Å²) < 4.78 is 47.8. The van der Waals surface area contributed by atoms with Crippen LogP contribution in [0.25, 0.3) is 0 Å². The molecule has 0 saturated carbocycles. The molecule has 2 fully saturated rings. The molecule has 3 aliphatic rings. The molecule has 3 atom stereocenters. The molecule has 0 radical (unpaired) electrons. The summed E-state index contributed by atoms with van der Waals surface area (Å²) in [6, 6.07) is -0.385. The summed E-state index contributed by atoms with van der Waals surface area (Å²) in [6.07, 6.45) is -3.92. The van der Waals surface area contributed by atoms with Crippen molar-refractivity contribution in [2.75, 3.05) is 29.5 Å². The van der Waals surface area contributed by atoms with Gasteiger partial charge in [0.25, 0.3) is 5.56 Å². The molecule has 4 rings (SSSR count). The topological polar surface area (TPSA) is 67.7 Å². The number of morpholine rings is 1. The first-order chi connectivity index (χ1) is 13.1. The number of aromatic nitrogens is 2. The summed E-state index contributed by atoms with van der Waals surface area (Å²) in [5, 5.41) is 0. The molecular weight excluding hydrogens is 377 g/mol. The molecule has 4 heterocycles. The van der Waals surface area contributed by atoms with Gasteiger partial charge in [-0.05, 0) is 12.8 Å². The number of anilines is 2. The number of Topliss-reactive ketones (excluding diaryl/α,β-unsaturated/α-hetero) is 1. The molecule has 0 aliphatic carbocycles. The molecule has 154 valence electrons. The number of hydrogen-bond donors (Lipinski definition) is 0. The molecular formula is C18H23F3N4O3. The predicted octanol–water partition coefficient (Wildman–Crippen LogP) is 1.59. The first-order valence-corrected chi connectivity index (χ1v) is 9.51. The third-order valence-corrected chi connectivity index (χ3v) is 5.78. The molecule has 2 bridgehead atoms. The molecule has 0 spiro atoms. The van der Waals surface area contributed by atoms with Gasteiger partial charge in [-0.3, -0.25) is 14.2 Å². The maximum atomic E-state index is 13.7. The second-order valence-corrected chi connectivity index (χ2v) is 8.00. The van der Waals surface area contributed by atoms with Gasteiger partial charge in [0.15, 0.2) is 5.78 Å². The van der Waals surface area contributed by atoms with E-state index in [4.69, 9.17) is 4.74 Å². The Morgan fingerprint density at radius 2 is 2.14 bits per heavy atom. The van der Waals surface area contributed by atoms with E-state index in [9.17, 15) is 22.8 Å². The highest BCUT2D eigenvalue weighted by Gasteiger charge is 2.48. The van der Waals surface area contributed by atoms with E-state index >= 15 is 0 Å². The number of halogens is 3. The molecule has 10 heteroatoms.